The second-order valence-electron chi connectivity index (χ2n) is 7.06. The van der Waals surface area contributed by atoms with Crippen LogP contribution in [0, 0.1) is 5.41 Å². The maximum absolute atomic E-state index is 12.2. The van der Waals surface area contributed by atoms with E-state index in [1.54, 1.807) is 12.5 Å². The van der Waals surface area contributed by atoms with Gasteiger partial charge >= 0.3 is 5.97 Å². The van der Waals surface area contributed by atoms with Crippen LogP contribution in [0.15, 0.2) is 59.3 Å². The number of piperidine rings is 1. The van der Waals surface area contributed by atoms with Crippen LogP contribution in [-0.2, 0) is 11.2 Å². The Labute approximate surface area is 152 Å². The van der Waals surface area contributed by atoms with Crippen molar-refractivity contribution in [2.45, 2.75) is 25.7 Å². The molecule has 1 aromatic carbocycles. The number of pyridine rings is 1. The Kier molecular flexibility index (Phi) is 4.37. The van der Waals surface area contributed by atoms with Crippen LogP contribution in [0.25, 0.3) is 11.0 Å². The van der Waals surface area contributed by atoms with E-state index in [4.69, 9.17) is 4.42 Å². The van der Waals surface area contributed by atoms with Crippen molar-refractivity contribution in [1.29, 1.82) is 0 Å². The van der Waals surface area contributed by atoms with Crippen LogP contribution in [0.4, 0.5) is 5.82 Å². The minimum absolute atomic E-state index is 0.479. The standard InChI is InChI=1S/C21H22N2O3/c24-20(25)21(11-7-16-5-2-1-3-6-16)10-4-13-23(15-21)19-17-9-14-26-18(17)8-12-22-19/h1-3,5-6,8-9,12,14H,4,7,10-11,13,15H2,(H,24,25)/t21-/m0/s1. The summed E-state index contributed by atoms with van der Waals surface area (Å²) in [5, 5.41) is 11.0. The molecule has 3 heterocycles. The summed E-state index contributed by atoms with van der Waals surface area (Å²) in [5.74, 6) is 0.110. The van der Waals surface area contributed by atoms with Crippen molar-refractivity contribution in [3.05, 3.63) is 60.5 Å². The lowest BCUT2D eigenvalue weighted by Gasteiger charge is -2.40. The molecule has 1 aliphatic rings. The van der Waals surface area contributed by atoms with Crippen LogP contribution in [-0.4, -0.2) is 29.1 Å². The largest absolute Gasteiger partial charge is 0.481 e. The number of aliphatic carboxylic acids is 1. The third kappa shape index (κ3) is 3.05. The molecule has 0 bridgehead atoms. The first kappa shape index (κ1) is 16.6. The highest BCUT2D eigenvalue weighted by atomic mass is 16.4. The third-order valence-corrected chi connectivity index (χ3v) is 5.42. The molecule has 1 fully saturated rings. The summed E-state index contributed by atoms with van der Waals surface area (Å²) in [6.45, 7) is 1.30. The normalized spacial score (nSPS) is 20.4. The van der Waals surface area contributed by atoms with Crippen LogP contribution in [0.5, 0.6) is 0 Å². The maximum atomic E-state index is 12.2. The van der Waals surface area contributed by atoms with E-state index in [2.05, 4.69) is 22.0 Å². The number of carbonyl (C=O) groups is 1. The van der Waals surface area contributed by atoms with E-state index >= 15 is 0 Å². The van der Waals surface area contributed by atoms with Crippen molar-refractivity contribution in [2.75, 3.05) is 18.0 Å². The first-order valence-corrected chi connectivity index (χ1v) is 9.02. The molecule has 0 aliphatic carbocycles. The number of carboxylic acid groups (broad SMARTS) is 1. The molecule has 26 heavy (non-hydrogen) atoms. The summed E-state index contributed by atoms with van der Waals surface area (Å²) in [7, 11) is 0. The van der Waals surface area contributed by atoms with Gasteiger partial charge < -0.3 is 14.4 Å². The Morgan fingerprint density at radius 2 is 2.08 bits per heavy atom. The number of benzene rings is 1. The molecule has 1 saturated heterocycles. The van der Waals surface area contributed by atoms with Gasteiger partial charge in [-0.05, 0) is 43.4 Å². The number of anilines is 1. The zero-order chi connectivity index (χ0) is 18.0. The van der Waals surface area contributed by atoms with Gasteiger partial charge in [0.2, 0.25) is 0 Å². The molecule has 4 rings (SSSR count). The number of carboxylic acids is 1. The van der Waals surface area contributed by atoms with E-state index in [-0.39, 0.29) is 0 Å². The zero-order valence-corrected chi connectivity index (χ0v) is 14.6. The second kappa shape index (κ2) is 6.83. The van der Waals surface area contributed by atoms with Gasteiger partial charge in [0, 0.05) is 19.3 Å². The van der Waals surface area contributed by atoms with Crippen molar-refractivity contribution in [2.24, 2.45) is 5.41 Å². The number of hydrogen-bond donors (Lipinski definition) is 1. The Hall–Kier alpha value is -2.82. The monoisotopic (exact) mass is 350 g/mol. The fourth-order valence-electron chi connectivity index (χ4n) is 3.96. The minimum atomic E-state index is -0.748. The average molecular weight is 350 g/mol. The van der Waals surface area contributed by atoms with E-state index in [1.165, 1.54) is 5.56 Å². The van der Waals surface area contributed by atoms with Gasteiger partial charge in [0.05, 0.1) is 17.1 Å². The number of rotatable bonds is 5. The fourth-order valence-corrected chi connectivity index (χ4v) is 3.96. The van der Waals surface area contributed by atoms with Gasteiger partial charge in [-0.3, -0.25) is 4.79 Å². The highest BCUT2D eigenvalue weighted by molar-refractivity contribution is 5.89. The maximum Gasteiger partial charge on any atom is 0.311 e. The molecule has 0 amide bonds. The van der Waals surface area contributed by atoms with E-state index in [1.807, 2.05) is 30.3 Å². The number of aryl methyl sites for hydroxylation is 1. The van der Waals surface area contributed by atoms with E-state index in [0.717, 1.165) is 36.2 Å². The summed E-state index contributed by atoms with van der Waals surface area (Å²) in [6, 6.07) is 13.8. The van der Waals surface area contributed by atoms with Crippen LogP contribution in [0.1, 0.15) is 24.8 Å². The van der Waals surface area contributed by atoms with E-state index < -0.39 is 11.4 Å². The predicted octanol–water partition coefficient (Wildman–Crippen LogP) is 4.13. The fraction of sp³-hybridized carbons (Fsp3) is 0.333. The van der Waals surface area contributed by atoms with Crippen LogP contribution < -0.4 is 4.90 Å². The molecule has 0 unspecified atom stereocenters. The van der Waals surface area contributed by atoms with E-state index in [0.29, 0.717) is 19.4 Å². The number of furan rings is 1. The Morgan fingerprint density at radius 3 is 2.88 bits per heavy atom. The number of fused-ring (bicyclic) bond motifs is 1. The highest BCUT2D eigenvalue weighted by Gasteiger charge is 2.42. The Morgan fingerprint density at radius 1 is 1.23 bits per heavy atom. The topological polar surface area (TPSA) is 66.6 Å². The molecule has 1 atom stereocenters. The first-order chi connectivity index (χ1) is 12.7. The lowest BCUT2D eigenvalue weighted by molar-refractivity contribution is -0.150. The SMILES string of the molecule is O=C(O)[C@]1(CCc2ccccc2)CCCN(c2nccc3occc23)C1. The molecule has 3 aromatic rings. The van der Waals surface area contributed by atoms with E-state index in [9.17, 15) is 9.90 Å². The summed E-state index contributed by atoms with van der Waals surface area (Å²) in [6.07, 6.45) is 6.32. The summed E-state index contributed by atoms with van der Waals surface area (Å²) >= 11 is 0. The minimum Gasteiger partial charge on any atom is -0.481 e. The van der Waals surface area contributed by atoms with Crippen LogP contribution >= 0.6 is 0 Å². The third-order valence-electron chi connectivity index (χ3n) is 5.42. The van der Waals surface area contributed by atoms with Gasteiger partial charge in [0.25, 0.3) is 0 Å². The second-order valence-corrected chi connectivity index (χ2v) is 7.06. The zero-order valence-electron chi connectivity index (χ0n) is 14.6. The summed E-state index contributed by atoms with van der Waals surface area (Å²) in [5.41, 5.74) is 1.22. The Bertz CT molecular complexity index is 906. The van der Waals surface area contributed by atoms with Gasteiger partial charge in [-0.15, -0.1) is 0 Å². The van der Waals surface area contributed by atoms with Gasteiger partial charge in [-0.25, -0.2) is 4.98 Å². The molecule has 1 N–H and O–H groups in total. The predicted molar refractivity (Wildman–Crippen MR) is 100 cm³/mol. The first-order valence-electron chi connectivity index (χ1n) is 9.02. The summed E-state index contributed by atoms with van der Waals surface area (Å²) in [4.78, 5) is 18.9. The van der Waals surface area contributed by atoms with Gasteiger partial charge in [-0.2, -0.15) is 0 Å². The van der Waals surface area contributed by atoms with Gasteiger partial charge in [-0.1, -0.05) is 30.3 Å². The van der Waals surface area contributed by atoms with Gasteiger partial charge in [0.1, 0.15) is 11.4 Å². The molecule has 1 aliphatic heterocycles. The van der Waals surface area contributed by atoms with Crippen LogP contribution in [0.3, 0.4) is 0 Å². The quantitative estimate of drug-likeness (QED) is 0.749. The van der Waals surface area contributed by atoms with Crippen molar-refractivity contribution in [1.82, 2.24) is 4.98 Å². The molecule has 0 saturated carbocycles. The van der Waals surface area contributed by atoms with Crippen LogP contribution in [0.2, 0.25) is 0 Å². The molecule has 0 spiro atoms. The van der Waals surface area contributed by atoms with Crippen molar-refractivity contribution < 1.29 is 14.3 Å². The highest BCUT2D eigenvalue weighted by Crippen LogP contribution is 2.38. The lowest BCUT2D eigenvalue weighted by atomic mass is 9.75. The molecular weight excluding hydrogens is 328 g/mol. The number of hydrogen-bond acceptors (Lipinski definition) is 4. The number of nitrogens with zero attached hydrogens (tertiary/aromatic N) is 2. The molecule has 5 heteroatoms. The van der Waals surface area contributed by atoms with Gasteiger partial charge in [0.15, 0.2) is 0 Å². The Balaban J connectivity index is 1.60. The average Bonchev–Trinajstić information content (AvgIpc) is 3.16. The molecule has 134 valence electrons. The molecule has 2 aromatic heterocycles. The molecule has 0 radical (unpaired) electrons. The lowest BCUT2D eigenvalue weighted by Crippen LogP contribution is -2.48. The molecular formula is C21H22N2O3. The van der Waals surface area contributed by atoms with Crippen molar-refractivity contribution in [3.8, 4) is 0 Å². The smallest absolute Gasteiger partial charge is 0.311 e. The molecule has 5 nitrogen and oxygen atoms in total. The number of aromatic nitrogens is 1. The van der Waals surface area contributed by atoms with Crippen molar-refractivity contribution in [3.63, 3.8) is 0 Å². The summed E-state index contributed by atoms with van der Waals surface area (Å²) < 4.78 is 5.47. The van der Waals surface area contributed by atoms with Crippen molar-refractivity contribution >= 4 is 22.8 Å².